The van der Waals surface area contributed by atoms with Crippen molar-refractivity contribution in [1.82, 2.24) is 4.98 Å². The van der Waals surface area contributed by atoms with Gasteiger partial charge >= 0.3 is 0 Å². The normalized spacial score (nSPS) is 10.6. The van der Waals surface area contributed by atoms with Gasteiger partial charge in [-0.25, -0.2) is 0 Å². The molecule has 0 radical (unpaired) electrons. The number of anilines is 2. The van der Waals surface area contributed by atoms with Gasteiger partial charge in [-0.3, -0.25) is 4.98 Å². The standard InChI is InChI=1S/C10H9BrClN3/c1-14-9-5-2-3-6(11)8(12)10(5)15-4-7(9)13/h2-4H,13H2,1H3,(H,14,15). The molecule has 0 bridgehead atoms. The number of nitrogens with two attached hydrogens (primary N) is 1. The Morgan fingerprint density at radius 2 is 2.20 bits per heavy atom. The Labute approximate surface area is 101 Å². The van der Waals surface area contributed by atoms with Gasteiger partial charge in [0.05, 0.1) is 28.1 Å². The molecule has 2 rings (SSSR count). The van der Waals surface area contributed by atoms with Crippen LogP contribution in [0, 0.1) is 0 Å². The van der Waals surface area contributed by atoms with Crippen LogP contribution in [-0.2, 0) is 0 Å². The first kappa shape index (κ1) is 10.5. The zero-order chi connectivity index (χ0) is 11.0. The summed E-state index contributed by atoms with van der Waals surface area (Å²) < 4.78 is 0.830. The first-order valence-corrected chi connectivity index (χ1v) is 5.52. The lowest BCUT2D eigenvalue weighted by atomic mass is 10.1. The molecule has 0 spiro atoms. The summed E-state index contributed by atoms with van der Waals surface area (Å²) in [6, 6.07) is 3.81. The molecule has 1 aromatic carbocycles. The van der Waals surface area contributed by atoms with Crippen LogP contribution in [0.1, 0.15) is 0 Å². The maximum atomic E-state index is 6.13. The van der Waals surface area contributed by atoms with E-state index < -0.39 is 0 Å². The SMILES string of the molecule is CNc1c(N)cnc2c(Cl)c(Br)ccc12. The lowest BCUT2D eigenvalue weighted by Crippen LogP contribution is -1.98. The molecule has 3 nitrogen and oxygen atoms in total. The molecule has 3 N–H and O–H groups in total. The van der Waals surface area contributed by atoms with Gasteiger partial charge in [0, 0.05) is 16.9 Å². The van der Waals surface area contributed by atoms with Gasteiger partial charge in [-0.1, -0.05) is 11.6 Å². The van der Waals surface area contributed by atoms with Gasteiger partial charge in [0.25, 0.3) is 0 Å². The third kappa shape index (κ3) is 1.64. The maximum Gasteiger partial charge on any atom is 0.0922 e. The highest BCUT2D eigenvalue weighted by molar-refractivity contribution is 9.10. The summed E-state index contributed by atoms with van der Waals surface area (Å²) in [7, 11) is 1.82. The molecular formula is C10H9BrClN3. The topological polar surface area (TPSA) is 50.9 Å². The highest BCUT2D eigenvalue weighted by Crippen LogP contribution is 2.35. The highest BCUT2D eigenvalue weighted by atomic mass is 79.9. The van der Waals surface area contributed by atoms with E-state index in [0.29, 0.717) is 10.7 Å². The van der Waals surface area contributed by atoms with Crippen molar-refractivity contribution < 1.29 is 0 Å². The number of benzene rings is 1. The summed E-state index contributed by atoms with van der Waals surface area (Å²) in [4.78, 5) is 4.22. The molecular weight excluding hydrogens is 277 g/mol. The van der Waals surface area contributed by atoms with Gasteiger partial charge in [0.15, 0.2) is 0 Å². The molecule has 0 amide bonds. The molecule has 5 heteroatoms. The molecule has 0 saturated heterocycles. The zero-order valence-electron chi connectivity index (χ0n) is 8.01. The van der Waals surface area contributed by atoms with Crippen LogP contribution >= 0.6 is 27.5 Å². The summed E-state index contributed by atoms with van der Waals surface area (Å²) in [6.45, 7) is 0. The van der Waals surface area contributed by atoms with Crippen molar-refractivity contribution in [3.05, 3.63) is 27.8 Å². The Balaban J connectivity index is 2.89. The zero-order valence-corrected chi connectivity index (χ0v) is 10.4. The summed E-state index contributed by atoms with van der Waals surface area (Å²) in [5, 5.41) is 4.57. The van der Waals surface area contributed by atoms with Crippen molar-refractivity contribution in [3.8, 4) is 0 Å². The number of aromatic nitrogens is 1. The summed E-state index contributed by atoms with van der Waals surface area (Å²) >= 11 is 9.49. The number of nitrogens with one attached hydrogen (secondary N) is 1. The molecule has 0 saturated carbocycles. The number of pyridine rings is 1. The molecule has 1 aromatic heterocycles. The first-order valence-electron chi connectivity index (χ1n) is 4.35. The fourth-order valence-electron chi connectivity index (χ4n) is 1.50. The quantitative estimate of drug-likeness (QED) is 0.846. The van der Waals surface area contributed by atoms with E-state index in [1.54, 1.807) is 6.20 Å². The molecule has 0 fully saturated rings. The number of fused-ring (bicyclic) bond motifs is 1. The van der Waals surface area contributed by atoms with E-state index in [1.165, 1.54) is 0 Å². The van der Waals surface area contributed by atoms with Gasteiger partial charge in [-0.2, -0.15) is 0 Å². The second kappa shape index (κ2) is 3.87. The third-order valence-electron chi connectivity index (χ3n) is 2.21. The van der Waals surface area contributed by atoms with E-state index in [0.717, 1.165) is 21.1 Å². The predicted octanol–water partition coefficient (Wildman–Crippen LogP) is 3.27. The van der Waals surface area contributed by atoms with Gasteiger partial charge in [-0.15, -0.1) is 0 Å². The van der Waals surface area contributed by atoms with Gasteiger partial charge in [0.1, 0.15) is 0 Å². The van der Waals surface area contributed by atoms with E-state index in [1.807, 2.05) is 19.2 Å². The molecule has 2 aromatic rings. The maximum absolute atomic E-state index is 6.13. The fraction of sp³-hybridized carbons (Fsp3) is 0.100. The van der Waals surface area contributed by atoms with Gasteiger partial charge in [0.2, 0.25) is 0 Å². The second-order valence-electron chi connectivity index (χ2n) is 3.10. The van der Waals surface area contributed by atoms with Crippen LogP contribution in [0.3, 0.4) is 0 Å². The number of rotatable bonds is 1. The van der Waals surface area contributed by atoms with Crippen molar-refractivity contribution in [2.45, 2.75) is 0 Å². The number of hydrogen-bond acceptors (Lipinski definition) is 3. The molecule has 0 aliphatic heterocycles. The van der Waals surface area contributed by atoms with Crippen molar-refractivity contribution in [2.75, 3.05) is 18.1 Å². The molecule has 0 aliphatic carbocycles. The Bertz CT molecular complexity index is 528. The number of nitrogen functional groups attached to an aromatic ring is 1. The average molecular weight is 287 g/mol. The van der Waals surface area contributed by atoms with E-state index in [9.17, 15) is 0 Å². The van der Waals surface area contributed by atoms with Crippen LogP contribution in [0.5, 0.6) is 0 Å². The third-order valence-corrected chi connectivity index (χ3v) is 3.48. The average Bonchev–Trinajstić information content (AvgIpc) is 2.23. The van der Waals surface area contributed by atoms with Crippen molar-refractivity contribution in [3.63, 3.8) is 0 Å². The van der Waals surface area contributed by atoms with Crippen molar-refractivity contribution >= 4 is 49.8 Å². The molecule has 78 valence electrons. The smallest absolute Gasteiger partial charge is 0.0922 e. The Morgan fingerprint density at radius 3 is 2.87 bits per heavy atom. The van der Waals surface area contributed by atoms with E-state index in [2.05, 4.69) is 26.2 Å². The van der Waals surface area contributed by atoms with Crippen LogP contribution in [0.2, 0.25) is 5.02 Å². The van der Waals surface area contributed by atoms with Crippen LogP contribution < -0.4 is 11.1 Å². The highest BCUT2D eigenvalue weighted by Gasteiger charge is 2.09. The largest absolute Gasteiger partial charge is 0.396 e. The van der Waals surface area contributed by atoms with Crippen LogP contribution in [0.25, 0.3) is 10.9 Å². The minimum atomic E-state index is 0.601. The van der Waals surface area contributed by atoms with Crippen LogP contribution in [0.15, 0.2) is 22.8 Å². The van der Waals surface area contributed by atoms with E-state index in [-0.39, 0.29) is 0 Å². The lowest BCUT2D eigenvalue weighted by Gasteiger charge is -2.10. The molecule has 0 unspecified atom stereocenters. The number of hydrogen-bond donors (Lipinski definition) is 2. The number of nitrogens with zero attached hydrogens (tertiary/aromatic N) is 1. The second-order valence-corrected chi connectivity index (χ2v) is 4.33. The summed E-state index contributed by atoms with van der Waals surface area (Å²) in [5.41, 5.74) is 8.02. The molecule has 0 aliphatic rings. The Hall–Kier alpha value is -1.000. The monoisotopic (exact) mass is 285 g/mol. The summed E-state index contributed by atoms with van der Waals surface area (Å²) in [5.74, 6) is 0. The molecule has 1 heterocycles. The van der Waals surface area contributed by atoms with E-state index in [4.69, 9.17) is 17.3 Å². The van der Waals surface area contributed by atoms with E-state index >= 15 is 0 Å². The van der Waals surface area contributed by atoms with Crippen LogP contribution in [-0.4, -0.2) is 12.0 Å². The first-order chi connectivity index (χ1) is 7.15. The number of halogens is 2. The van der Waals surface area contributed by atoms with Crippen LogP contribution in [0.4, 0.5) is 11.4 Å². The lowest BCUT2D eigenvalue weighted by molar-refractivity contribution is 1.39. The minimum absolute atomic E-state index is 0.601. The van der Waals surface area contributed by atoms with Crippen molar-refractivity contribution in [1.29, 1.82) is 0 Å². The molecule has 15 heavy (non-hydrogen) atoms. The Morgan fingerprint density at radius 1 is 1.47 bits per heavy atom. The minimum Gasteiger partial charge on any atom is -0.396 e. The van der Waals surface area contributed by atoms with Gasteiger partial charge in [-0.05, 0) is 28.1 Å². The predicted molar refractivity (Wildman–Crippen MR) is 68.4 cm³/mol. The summed E-state index contributed by atoms with van der Waals surface area (Å²) in [6.07, 6.45) is 1.60. The molecule has 0 atom stereocenters. The van der Waals surface area contributed by atoms with Gasteiger partial charge < -0.3 is 11.1 Å². The fourth-order valence-corrected chi connectivity index (χ4v) is 2.03. The Kier molecular flexibility index (Phi) is 2.71. The van der Waals surface area contributed by atoms with Crippen molar-refractivity contribution in [2.24, 2.45) is 0 Å².